The standard InChI is InChI=1S/C26H39FO3S2/c1-4-6-8-10-18-32(29,30)25-17-16-22(31-3)19-23(25)26(24(28)11-9-7-5-2)20-12-14-21(27)15-13-20/h12-14,16-17,19,21,24,26,28H,4-11,15,18H2,1-3H3/t21?,24-,26+/m0/s1. The van der Waals surface area contributed by atoms with Crippen LogP contribution in [0, 0.1) is 0 Å². The van der Waals surface area contributed by atoms with E-state index in [-0.39, 0.29) is 12.2 Å². The second-order valence-corrected chi connectivity index (χ2v) is 11.6. The lowest BCUT2D eigenvalue weighted by atomic mass is 9.82. The average Bonchev–Trinajstić information content (AvgIpc) is 2.78. The molecule has 0 heterocycles. The summed E-state index contributed by atoms with van der Waals surface area (Å²) < 4.78 is 40.5. The summed E-state index contributed by atoms with van der Waals surface area (Å²) in [5.41, 5.74) is 1.45. The molecule has 0 saturated carbocycles. The molecule has 0 aliphatic heterocycles. The number of rotatable bonds is 14. The molecule has 180 valence electrons. The van der Waals surface area contributed by atoms with Crippen LogP contribution in [0.2, 0.25) is 0 Å². The summed E-state index contributed by atoms with van der Waals surface area (Å²) >= 11 is 1.55. The quantitative estimate of drug-likeness (QED) is 0.229. The normalized spacial score (nSPS) is 18.4. The number of sulfone groups is 1. The second kappa shape index (κ2) is 13.6. The Kier molecular flexibility index (Phi) is 11.5. The summed E-state index contributed by atoms with van der Waals surface area (Å²) in [5, 5.41) is 11.2. The summed E-state index contributed by atoms with van der Waals surface area (Å²) in [5.74, 6) is -0.373. The van der Waals surface area contributed by atoms with Crippen molar-refractivity contribution >= 4 is 21.6 Å². The van der Waals surface area contributed by atoms with E-state index in [2.05, 4.69) is 13.8 Å². The number of unbranched alkanes of at least 4 members (excludes halogenated alkanes) is 5. The molecule has 1 aromatic carbocycles. The highest BCUT2D eigenvalue weighted by molar-refractivity contribution is 7.98. The second-order valence-electron chi connectivity index (χ2n) is 8.64. The number of halogens is 1. The van der Waals surface area contributed by atoms with Crippen LogP contribution in [-0.4, -0.2) is 37.8 Å². The summed E-state index contributed by atoms with van der Waals surface area (Å²) in [4.78, 5) is 1.27. The largest absolute Gasteiger partial charge is 0.392 e. The van der Waals surface area contributed by atoms with Gasteiger partial charge in [-0.25, -0.2) is 12.8 Å². The first kappa shape index (κ1) is 27.1. The van der Waals surface area contributed by atoms with Gasteiger partial charge in [-0.05, 0) is 48.4 Å². The molecule has 0 bridgehead atoms. The van der Waals surface area contributed by atoms with Crippen molar-refractivity contribution in [2.75, 3.05) is 12.0 Å². The van der Waals surface area contributed by atoms with Gasteiger partial charge in [0, 0.05) is 17.2 Å². The summed E-state index contributed by atoms with van der Waals surface area (Å²) in [6, 6.07) is 5.46. The Labute approximate surface area is 198 Å². The molecular weight excluding hydrogens is 443 g/mol. The van der Waals surface area contributed by atoms with Crippen LogP contribution >= 0.6 is 11.8 Å². The number of benzene rings is 1. The number of thioether (sulfide) groups is 1. The fraction of sp³-hybridized carbons (Fsp3) is 0.615. The van der Waals surface area contributed by atoms with Gasteiger partial charge >= 0.3 is 0 Å². The van der Waals surface area contributed by atoms with Crippen molar-refractivity contribution in [1.29, 1.82) is 0 Å². The molecule has 2 rings (SSSR count). The molecule has 0 saturated heterocycles. The van der Waals surface area contributed by atoms with Crippen molar-refractivity contribution in [3.8, 4) is 0 Å². The van der Waals surface area contributed by atoms with Crippen molar-refractivity contribution < 1.29 is 17.9 Å². The van der Waals surface area contributed by atoms with Crippen molar-refractivity contribution in [2.45, 2.75) is 99.6 Å². The van der Waals surface area contributed by atoms with E-state index in [0.717, 1.165) is 49.0 Å². The number of alkyl halides is 1. The minimum atomic E-state index is -3.50. The molecule has 1 unspecified atom stereocenters. The van der Waals surface area contributed by atoms with Gasteiger partial charge in [0.1, 0.15) is 6.17 Å². The summed E-state index contributed by atoms with van der Waals surface area (Å²) in [6.07, 6.45) is 12.6. The summed E-state index contributed by atoms with van der Waals surface area (Å²) in [6.45, 7) is 4.22. The Morgan fingerprint density at radius 3 is 2.47 bits per heavy atom. The van der Waals surface area contributed by atoms with Crippen molar-refractivity contribution in [2.24, 2.45) is 0 Å². The zero-order valence-corrected chi connectivity index (χ0v) is 21.4. The first-order chi connectivity index (χ1) is 15.3. The topological polar surface area (TPSA) is 54.4 Å². The number of hydrogen-bond donors (Lipinski definition) is 1. The van der Waals surface area contributed by atoms with Gasteiger partial charge in [0.05, 0.1) is 16.8 Å². The van der Waals surface area contributed by atoms with E-state index in [1.54, 1.807) is 23.9 Å². The third kappa shape index (κ3) is 7.74. The third-order valence-corrected chi connectivity index (χ3v) is 8.67. The fourth-order valence-electron chi connectivity index (χ4n) is 4.23. The molecule has 0 fully saturated rings. The number of aliphatic hydroxyl groups is 1. The number of hydrogen-bond acceptors (Lipinski definition) is 4. The molecule has 0 radical (unpaired) electrons. The highest BCUT2D eigenvalue weighted by Crippen LogP contribution is 2.39. The fourth-order valence-corrected chi connectivity index (χ4v) is 6.30. The third-order valence-electron chi connectivity index (χ3n) is 6.08. The minimum absolute atomic E-state index is 0.110. The van der Waals surface area contributed by atoms with Crippen LogP contribution in [0.15, 0.2) is 51.8 Å². The van der Waals surface area contributed by atoms with Gasteiger partial charge in [-0.15, -0.1) is 11.8 Å². The lowest BCUT2D eigenvalue weighted by Gasteiger charge is -2.29. The maximum atomic E-state index is 13.8. The predicted octanol–water partition coefficient (Wildman–Crippen LogP) is 7.01. The van der Waals surface area contributed by atoms with Gasteiger partial charge in [-0.1, -0.05) is 70.6 Å². The lowest BCUT2D eigenvalue weighted by Crippen LogP contribution is -2.24. The molecule has 0 amide bonds. The molecule has 1 aromatic rings. The number of allylic oxidation sites excluding steroid dienone is 3. The predicted molar refractivity (Wildman–Crippen MR) is 134 cm³/mol. The highest BCUT2D eigenvalue weighted by atomic mass is 32.2. The molecule has 32 heavy (non-hydrogen) atoms. The van der Waals surface area contributed by atoms with Crippen LogP contribution in [-0.2, 0) is 9.84 Å². The van der Waals surface area contributed by atoms with Crippen LogP contribution < -0.4 is 0 Å². The maximum Gasteiger partial charge on any atom is 0.178 e. The molecule has 3 nitrogen and oxygen atoms in total. The maximum absolute atomic E-state index is 13.8. The van der Waals surface area contributed by atoms with Crippen molar-refractivity contribution in [3.63, 3.8) is 0 Å². The molecule has 0 aromatic heterocycles. The van der Waals surface area contributed by atoms with E-state index in [1.165, 1.54) is 6.08 Å². The Bertz CT molecular complexity index is 877. The average molecular weight is 483 g/mol. The van der Waals surface area contributed by atoms with Gasteiger partial charge < -0.3 is 5.11 Å². The van der Waals surface area contributed by atoms with Gasteiger partial charge in [-0.3, -0.25) is 0 Å². The van der Waals surface area contributed by atoms with E-state index in [0.29, 0.717) is 23.3 Å². The van der Waals surface area contributed by atoms with Gasteiger partial charge in [0.15, 0.2) is 9.84 Å². The molecule has 1 aliphatic carbocycles. The van der Waals surface area contributed by atoms with Crippen molar-refractivity contribution in [3.05, 3.63) is 47.6 Å². The van der Waals surface area contributed by atoms with Gasteiger partial charge in [0.25, 0.3) is 0 Å². The van der Waals surface area contributed by atoms with E-state index >= 15 is 0 Å². The summed E-state index contributed by atoms with van der Waals surface area (Å²) in [7, 11) is -3.50. The molecule has 1 aliphatic rings. The van der Waals surface area contributed by atoms with Crippen LogP contribution in [0.5, 0.6) is 0 Å². The molecule has 1 N–H and O–H groups in total. The Morgan fingerprint density at radius 2 is 1.84 bits per heavy atom. The highest BCUT2D eigenvalue weighted by Gasteiger charge is 2.31. The van der Waals surface area contributed by atoms with Gasteiger partial charge in [-0.2, -0.15) is 0 Å². The van der Waals surface area contributed by atoms with E-state index in [9.17, 15) is 17.9 Å². The zero-order chi connectivity index (χ0) is 23.6. The van der Waals surface area contributed by atoms with Crippen LogP contribution in [0.4, 0.5) is 4.39 Å². The van der Waals surface area contributed by atoms with Crippen LogP contribution in [0.3, 0.4) is 0 Å². The van der Waals surface area contributed by atoms with Crippen LogP contribution in [0.1, 0.15) is 83.1 Å². The minimum Gasteiger partial charge on any atom is -0.392 e. The zero-order valence-electron chi connectivity index (χ0n) is 19.7. The lowest BCUT2D eigenvalue weighted by molar-refractivity contribution is 0.141. The van der Waals surface area contributed by atoms with E-state index in [4.69, 9.17) is 0 Å². The Hall–Kier alpha value is -1.11. The Morgan fingerprint density at radius 1 is 1.12 bits per heavy atom. The first-order valence-electron chi connectivity index (χ1n) is 11.9. The molecule has 3 atom stereocenters. The molecule has 0 spiro atoms. The van der Waals surface area contributed by atoms with Crippen LogP contribution in [0.25, 0.3) is 0 Å². The van der Waals surface area contributed by atoms with Gasteiger partial charge in [0.2, 0.25) is 0 Å². The smallest absolute Gasteiger partial charge is 0.178 e. The monoisotopic (exact) mass is 482 g/mol. The van der Waals surface area contributed by atoms with E-state index in [1.807, 2.05) is 24.5 Å². The van der Waals surface area contributed by atoms with E-state index < -0.39 is 28.0 Å². The number of aliphatic hydroxyl groups excluding tert-OH is 1. The Balaban J connectivity index is 2.49. The first-order valence-corrected chi connectivity index (χ1v) is 14.8. The molecular formula is C26H39FO3S2. The SMILES string of the molecule is CCCCCCS(=O)(=O)c1ccc(SC)cc1[C@@H](C1=CCC(F)C=C1)[C@@H](O)CCCCC. The molecule has 6 heteroatoms. The van der Waals surface area contributed by atoms with Crippen molar-refractivity contribution in [1.82, 2.24) is 0 Å².